The van der Waals surface area contributed by atoms with Gasteiger partial charge in [0, 0.05) is 44.2 Å². The van der Waals surface area contributed by atoms with Gasteiger partial charge in [0.2, 0.25) is 5.91 Å². The van der Waals surface area contributed by atoms with Crippen molar-refractivity contribution < 1.29 is 22.7 Å². The Hall–Kier alpha value is -2.38. The summed E-state index contributed by atoms with van der Waals surface area (Å²) in [5.74, 6) is 0.194. The van der Waals surface area contributed by atoms with Gasteiger partial charge < -0.3 is 15.0 Å². The van der Waals surface area contributed by atoms with Gasteiger partial charge in [-0.3, -0.25) is 4.79 Å². The predicted octanol–water partition coefficient (Wildman–Crippen LogP) is 4.92. The predicted molar refractivity (Wildman–Crippen MR) is 121 cm³/mol. The molecule has 2 aromatic carbocycles. The Balaban J connectivity index is 1.36. The second kappa shape index (κ2) is 10.3. The highest BCUT2D eigenvalue weighted by molar-refractivity contribution is 5.79. The number of likely N-dealkylation sites (tertiary alicyclic amines) is 1. The number of nitrogens with one attached hydrogen (secondary N) is 1. The molecule has 4 rings (SSSR count). The maximum atomic E-state index is 12.9. The Bertz CT molecular complexity index is 927. The molecule has 0 saturated carbocycles. The van der Waals surface area contributed by atoms with E-state index >= 15 is 0 Å². The van der Waals surface area contributed by atoms with E-state index in [9.17, 15) is 18.0 Å². The zero-order valence-corrected chi connectivity index (χ0v) is 18.7. The van der Waals surface area contributed by atoms with Gasteiger partial charge >= 0.3 is 6.18 Å². The van der Waals surface area contributed by atoms with E-state index in [1.807, 2.05) is 23.1 Å². The van der Waals surface area contributed by atoms with Crippen molar-refractivity contribution in [2.24, 2.45) is 0 Å². The van der Waals surface area contributed by atoms with Crippen LogP contribution in [0.15, 0.2) is 54.6 Å². The Morgan fingerprint density at radius 3 is 2.55 bits per heavy atom. The van der Waals surface area contributed by atoms with Crippen LogP contribution in [0.4, 0.5) is 13.2 Å². The second-order valence-electron chi connectivity index (χ2n) is 9.14. The highest BCUT2D eigenvalue weighted by atomic mass is 19.4. The van der Waals surface area contributed by atoms with Crippen LogP contribution < -0.4 is 5.32 Å². The molecule has 2 aromatic rings. The van der Waals surface area contributed by atoms with Crippen LogP contribution in [-0.2, 0) is 27.7 Å². The molecule has 2 aliphatic heterocycles. The molecule has 7 heteroatoms. The molecule has 0 spiro atoms. The number of hydrogen-bond donors (Lipinski definition) is 1. The Morgan fingerprint density at radius 1 is 1.06 bits per heavy atom. The van der Waals surface area contributed by atoms with Gasteiger partial charge in [0.15, 0.2) is 0 Å². The van der Waals surface area contributed by atoms with E-state index in [0.717, 1.165) is 31.7 Å². The first-order valence-electron chi connectivity index (χ1n) is 11.7. The molecule has 0 radical (unpaired) electrons. The first-order chi connectivity index (χ1) is 15.9. The summed E-state index contributed by atoms with van der Waals surface area (Å²) in [7, 11) is 0. The number of benzene rings is 2. The average molecular weight is 461 g/mol. The summed E-state index contributed by atoms with van der Waals surface area (Å²) < 4.78 is 44.4. The van der Waals surface area contributed by atoms with Crippen LogP contribution in [0.2, 0.25) is 0 Å². The number of halogens is 3. The fraction of sp³-hybridized carbons (Fsp3) is 0.500. The van der Waals surface area contributed by atoms with Crippen molar-refractivity contribution in [3.8, 4) is 0 Å². The van der Waals surface area contributed by atoms with E-state index in [-0.39, 0.29) is 17.4 Å². The zero-order chi connectivity index (χ0) is 23.3. The van der Waals surface area contributed by atoms with E-state index in [1.165, 1.54) is 17.7 Å². The maximum Gasteiger partial charge on any atom is 0.416 e. The van der Waals surface area contributed by atoms with E-state index < -0.39 is 11.7 Å². The van der Waals surface area contributed by atoms with Gasteiger partial charge in [-0.05, 0) is 49.4 Å². The third kappa shape index (κ3) is 5.76. The number of amides is 1. The Kier molecular flexibility index (Phi) is 7.39. The maximum absolute atomic E-state index is 12.9. The van der Waals surface area contributed by atoms with Crippen LogP contribution in [0.1, 0.15) is 48.8 Å². The highest BCUT2D eigenvalue weighted by Crippen LogP contribution is 2.38. The minimum Gasteiger partial charge on any atom is -0.381 e. The summed E-state index contributed by atoms with van der Waals surface area (Å²) >= 11 is 0. The zero-order valence-electron chi connectivity index (χ0n) is 18.7. The third-order valence-electron chi connectivity index (χ3n) is 7.00. The van der Waals surface area contributed by atoms with Crippen LogP contribution in [-0.4, -0.2) is 43.2 Å². The van der Waals surface area contributed by atoms with Crippen molar-refractivity contribution in [3.05, 3.63) is 71.3 Å². The van der Waals surface area contributed by atoms with Crippen LogP contribution in [0, 0.1) is 0 Å². The summed E-state index contributed by atoms with van der Waals surface area (Å²) in [4.78, 5) is 14.8. The van der Waals surface area contributed by atoms with Crippen LogP contribution >= 0.6 is 0 Å². The van der Waals surface area contributed by atoms with Gasteiger partial charge in [-0.1, -0.05) is 48.5 Å². The van der Waals surface area contributed by atoms with E-state index in [2.05, 4.69) is 17.4 Å². The molecule has 4 nitrogen and oxygen atoms in total. The minimum atomic E-state index is -4.33. The number of ether oxygens (including phenoxy) is 1. The molecule has 2 heterocycles. The standard InChI is InChI=1S/C26H31F3N2O2/c27-26(28,29)22-8-4-5-20(17-22)18-30-14-11-23-9-10-24(32)31(23)19-25(12-15-33-16-13-25)21-6-2-1-3-7-21/h1-8,17,23,30H,9-16,18-19H2/t23-/m0/s1. The van der Waals surface area contributed by atoms with Gasteiger partial charge in [-0.25, -0.2) is 0 Å². The molecular weight excluding hydrogens is 429 g/mol. The Morgan fingerprint density at radius 2 is 1.82 bits per heavy atom. The van der Waals surface area contributed by atoms with Gasteiger partial charge in [0.1, 0.15) is 0 Å². The van der Waals surface area contributed by atoms with Crippen molar-refractivity contribution in [1.29, 1.82) is 0 Å². The van der Waals surface area contributed by atoms with Crippen molar-refractivity contribution >= 4 is 5.91 Å². The average Bonchev–Trinajstić information content (AvgIpc) is 3.16. The van der Waals surface area contributed by atoms with Crippen molar-refractivity contribution in [2.45, 2.75) is 56.3 Å². The first-order valence-corrected chi connectivity index (χ1v) is 11.7. The number of nitrogens with zero attached hydrogens (tertiary/aromatic N) is 1. The number of hydrogen-bond acceptors (Lipinski definition) is 3. The number of alkyl halides is 3. The first kappa shape index (κ1) is 23.8. The van der Waals surface area contributed by atoms with E-state index in [0.29, 0.717) is 44.8 Å². The topological polar surface area (TPSA) is 41.6 Å². The summed E-state index contributed by atoms with van der Waals surface area (Å²) in [5, 5.41) is 3.26. The number of carbonyl (C=O) groups is 1. The largest absolute Gasteiger partial charge is 0.416 e. The fourth-order valence-corrected chi connectivity index (χ4v) is 5.09. The normalized spacial score (nSPS) is 20.9. The molecule has 2 saturated heterocycles. The summed E-state index contributed by atoms with van der Waals surface area (Å²) in [6.07, 6.45) is -0.389. The van der Waals surface area contributed by atoms with Crippen LogP contribution in [0.25, 0.3) is 0 Å². The molecule has 33 heavy (non-hydrogen) atoms. The molecular formula is C26H31F3N2O2. The second-order valence-corrected chi connectivity index (χ2v) is 9.14. The lowest BCUT2D eigenvalue weighted by Gasteiger charge is -2.42. The molecule has 0 unspecified atom stereocenters. The quantitative estimate of drug-likeness (QED) is 0.569. The number of carbonyl (C=O) groups excluding carboxylic acids is 1. The molecule has 1 N–H and O–H groups in total. The third-order valence-corrected chi connectivity index (χ3v) is 7.00. The molecule has 178 valence electrons. The Labute approximate surface area is 193 Å². The fourth-order valence-electron chi connectivity index (χ4n) is 5.09. The van der Waals surface area contributed by atoms with E-state index in [4.69, 9.17) is 4.74 Å². The van der Waals surface area contributed by atoms with Gasteiger partial charge in [-0.2, -0.15) is 13.2 Å². The molecule has 0 aromatic heterocycles. The smallest absolute Gasteiger partial charge is 0.381 e. The monoisotopic (exact) mass is 460 g/mol. The van der Waals surface area contributed by atoms with Crippen LogP contribution in [0.3, 0.4) is 0 Å². The summed E-state index contributed by atoms with van der Waals surface area (Å²) in [5.41, 5.74) is 1.14. The highest BCUT2D eigenvalue weighted by Gasteiger charge is 2.41. The summed E-state index contributed by atoms with van der Waals surface area (Å²) in [6, 6.07) is 16.0. The van der Waals surface area contributed by atoms with Crippen LogP contribution in [0.5, 0.6) is 0 Å². The minimum absolute atomic E-state index is 0.0940. The molecule has 0 bridgehead atoms. The SMILES string of the molecule is O=C1CC[C@@H](CCNCc2cccc(C(F)(F)F)c2)N1CC1(c2ccccc2)CCOCC1. The van der Waals surface area contributed by atoms with E-state index in [1.54, 1.807) is 6.07 Å². The lowest BCUT2D eigenvalue weighted by molar-refractivity contribution is -0.137. The molecule has 0 aliphatic carbocycles. The van der Waals surface area contributed by atoms with Gasteiger partial charge in [0.25, 0.3) is 0 Å². The van der Waals surface area contributed by atoms with Crippen molar-refractivity contribution in [1.82, 2.24) is 10.2 Å². The molecule has 2 fully saturated rings. The molecule has 1 amide bonds. The lowest BCUT2D eigenvalue weighted by atomic mass is 9.73. The molecule has 2 aliphatic rings. The van der Waals surface area contributed by atoms with Gasteiger partial charge in [0.05, 0.1) is 5.56 Å². The van der Waals surface area contributed by atoms with Crippen molar-refractivity contribution in [3.63, 3.8) is 0 Å². The van der Waals surface area contributed by atoms with Gasteiger partial charge in [-0.15, -0.1) is 0 Å². The summed E-state index contributed by atoms with van der Waals surface area (Å²) in [6.45, 7) is 3.10. The lowest BCUT2D eigenvalue weighted by Crippen LogP contribution is -2.48. The molecule has 1 atom stereocenters. The van der Waals surface area contributed by atoms with Crippen molar-refractivity contribution in [2.75, 3.05) is 26.3 Å². The number of rotatable bonds is 8.